The molecule has 3 aromatic rings. The quantitative estimate of drug-likeness (QED) is 0.805. The Hall–Kier alpha value is -2.40. The number of hydrogen-bond donors (Lipinski definition) is 1. The van der Waals surface area contributed by atoms with E-state index in [4.69, 9.17) is 4.42 Å². The number of carbonyl (C=O) groups is 1. The third kappa shape index (κ3) is 2.48. The lowest BCUT2D eigenvalue weighted by Gasteiger charge is -2.04. The summed E-state index contributed by atoms with van der Waals surface area (Å²) in [6, 6.07) is 10.0. The van der Waals surface area contributed by atoms with Gasteiger partial charge in [-0.3, -0.25) is 9.59 Å². The minimum atomic E-state index is -0.390. The first-order valence-electron chi connectivity index (χ1n) is 6.06. The monoisotopic (exact) mass is 285 g/mol. The van der Waals surface area contributed by atoms with Crippen LogP contribution in [0.4, 0.5) is 0 Å². The van der Waals surface area contributed by atoms with Crippen molar-refractivity contribution in [3.05, 3.63) is 68.7 Å². The zero-order chi connectivity index (χ0) is 13.9. The highest BCUT2D eigenvalue weighted by Crippen LogP contribution is 2.12. The normalized spacial score (nSPS) is 10.6. The van der Waals surface area contributed by atoms with E-state index in [1.807, 2.05) is 16.8 Å². The molecule has 0 aliphatic heterocycles. The van der Waals surface area contributed by atoms with E-state index in [-0.39, 0.29) is 17.1 Å². The Bertz CT molecular complexity index is 805. The fraction of sp³-hybridized carbons (Fsp3) is 0.0667. The Balaban J connectivity index is 1.86. The lowest BCUT2D eigenvalue weighted by molar-refractivity contribution is 0.0924. The molecule has 0 bridgehead atoms. The van der Waals surface area contributed by atoms with E-state index in [9.17, 15) is 9.59 Å². The van der Waals surface area contributed by atoms with Crippen LogP contribution < -0.4 is 10.7 Å². The van der Waals surface area contributed by atoms with Crippen molar-refractivity contribution in [1.29, 1.82) is 0 Å². The first-order chi connectivity index (χ1) is 9.74. The molecule has 0 atom stereocenters. The molecule has 0 aliphatic carbocycles. The van der Waals surface area contributed by atoms with Crippen LogP contribution >= 0.6 is 11.3 Å². The molecule has 0 radical (unpaired) electrons. The summed E-state index contributed by atoms with van der Waals surface area (Å²) < 4.78 is 5.46. The number of carbonyl (C=O) groups excluding carboxylic acids is 1. The Morgan fingerprint density at radius 3 is 2.90 bits per heavy atom. The molecular formula is C15H11NO3S. The van der Waals surface area contributed by atoms with Crippen LogP contribution in [0.5, 0.6) is 0 Å². The van der Waals surface area contributed by atoms with E-state index >= 15 is 0 Å². The largest absolute Gasteiger partial charge is 0.451 e. The van der Waals surface area contributed by atoms with Crippen LogP contribution in [0, 0.1) is 0 Å². The van der Waals surface area contributed by atoms with Crippen molar-refractivity contribution in [2.75, 3.05) is 0 Å². The van der Waals surface area contributed by atoms with E-state index in [0.29, 0.717) is 17.5 Å². The second kappa shape index (κ2) is 5.30. The zero-order valence-corrected chi connectivity index (χ0v) is 11.3. The van der Waals surface area contributed by atoms with Crippen molar-refractivity contribution in [2.24, 2.45) is 0 Å². The van der Waals surface area contributed by atoms with Crippen LogP contribution in [0.3, 0.4) is 0 Å². The van der Waals surface area contributed by atoms with Gasteiger partial charge in [-0.1, -0.05) is 12.1 Å². The van der Waals surface area contributed by atoms with E-state index in [1.54, 1.807) is 35.6 Å². The average molecular weight is 285 g/mol. The molecule has 0 aliphatic rings. The Kier molecular flexibility index (Phi) is 3.35. The fourth-order valence-electron chi connectivity index (χ4n) is 1.88. The minimum Gasteiger partial charge on any atom is -0.451 e. The molecule has 2 aromatic heterocycles. The maximum Gasteiger partial charge on any atom is 0.287 e. The van der Waals surface area contributed by atoms with Crippen LogP contribution in [0.1, 0.15) is 16.1 Å². The van der Waals surface area contributed by atoms with Gasteiger partial charge in [0.2, 0.25) is 0 Å². The smallest absolute Gasteiger partial charge is 0.287 e. The molecule has 2 heterocycles. The molecule has 0 saturated heterocycles. The van der Waals surface area contributed by atoms with Gasteiger partial charge in [0.15, 0.2) is 11.2 Å². The van der Waals surface area contributed by atoms with Gasteiger partial charge in [0.1, 0.15) is 5.58 Å². The van der Waals surface area contributed by atoms with Crippen molar-refractivity contribution in [3.63, 3.8) is 0 Å². The predicted molar refractivity (Wildman–Crippen MR) is 78.0 cm³/mol. The Labute approximate surface area is 118 Å². The van der Waals surface area contributed by atoms with Crippen molar-refractivity contribution >= 4 is 28.2 Å². The first kappa shape index (κ1) is 12.6. The molecule has 20 heavy (non-hydrogen) atoms. The molecule has 1 amide bonds. The van der Waals surface area contributed by atoms with Gasteiger partial charge in [-0.05, 0) is 34.5 Å². The zero-order valence-electron chi connectivity index (χ0n) is 10.5. The van der Waals surface area contributed by atoms with Crippen LogP contribution in [0.15, 0.2) is 56.4 Å². The third-order valence-electron chi connectivity index (χ3n) is 2.89. The summed E-state index contributed by atoms with van der Waals surface area (Å²) in [7, 11) is 0. The second-order valence-corrected chi connectivity index (χ2v) is 5.07. The molecule has 0 fully saturated rings. The second-order valence-electron chi connectivity index (χ2n) is 4.29. The van der Waals surface area contributed by atoms with Crippen LogP contribution in [0.25, 0.3) is 11.0 Å². The van der Waals surface area contributed by atoms with Gasteiger partial charge >= 0.3 is 0 Å². The maximum absolute atomic E-state index is 12.0. The van der Waals surface area contributed by atoms with Crippen molar-refractivity contribution in [3.8, 4) is 0 Å². The summed E-state index contributed by atoms with van der Waals surface area (Å²) in [6.07, 6.45) is 0. The molecule has 3 rings (SSSR count). The van der Waals surface area contributed by atoms with Crippen molar-refractivity contribution in [1.82, 2.24) is 5.32 Å². The van der Waals surface area contributed by atoms with Gasteiger partial charge in [0.05, 0.1) is 5.39 Å². The van der Waals surface area contributed by atoms with E-state index < -0.39 is 0 Å². The Morgan fingerprint density at radius 2 is 2.10 bits per heavy atom. The Morgan fingerprint density at radius 1 is 1.25 bits per heavy atom. The molecule has 0 unspecified atom stereocenters. The van der Waals surface area contributed by atoms with Gasteiger partial charge < -0.3 is 9.73 Å². The van der Waals surface area contributed by atoms with Gasteiger partial charge in [-0.25, -0.2) is 0 Å². The first-order valence-corrected chi connectivity index (χ1v) is 7.00. The maximum atomic E-state index is 12.0. The highest BCUT2D eigenvalue weighted by Gasteiger charge is 2.11. The summed E-state index contributed by atoms with van der Waals surface area (Å²) in [6.45, 7) is 0.416. The van der Waals surface area contributed by atoms with Crippen LogP contribution in [-0.2, 0) is 6.54 Å². The van der Waals surface area contributed by atoms with E-state index in [0.717, 1.165) is 5.56 Å². The number of rotatable bonds is 3. The van der Waals surface area contributed by atoms with Gasteiger partial charge in [-0.2, -0.15) is 11.3 Å². The molecule has 1 aromatic carbocycles. The van der Waals surface area contributed by atoms with Crippen molar-refractivity contribution < 1.29 is 9.21 Å². The lowest BCUT2D eigenvalue weighted by Crippen LogP contribution is -2.23. The van der Waals surface area contributed by atoms with Crippen LogP contribution in [-0.4, -0.2) is 5.91 Å². The number of amides is 1. The van der Waals surface area contributed by atoms with Gasteiger partial charge in [-0.15, -0.1) is 0 Å². The topological polar surface area (TPSA) is 59.3 Å². The standard InChI is InChI=1S/C15H11NO3S/c17-12-7-14(19-13-4-2-1-3-11(12)13)15(18)16-8-10-5-6-20-9-10/h1-7,9H,8H2,(H,16,18). The van der Waals surface area contributed by atoms with Gasteiger partial charge in [0, 0.05) is 12.6 Å². The summed E-state index contributed by atoms with van der Waals surface area (Å²) in [5, 5.41) is 7.10. The number of hydrogen-bond acceptors (Lipinski definition) is 4. The predicted octanol–water partition coefficient (Wildman–Crippen LogP) is 2.78. The molecule has 0 saturated carbocycles. The number of para-hydroxylation sites is 1. The summed E-state index contributed by atoms with van der Waals surface area (Å²) >= 11 is 1.57. The number of thiophene rings is 1. The highest BCUT2D eigenvalue weighted by molar-refractivity contribution is 7.07. The van der Waals surface area contributed by atoms with Crippen LogP contribution in [0.2, 0.25) is 0 Å². The fourth-order valence-corrected chi connectivity index (χ4v) is 2.55. The summed E-state index contributed by atoms with van der Waals surface area (Å²) in [5.74, 6) is -0.358. The third-order valence-corrected chi connectivity index (χ3v) is 3.62. The van der Waals surface area contributed by atoms with Gasteiger partial charge in [0.25, 0.3) is 5.91 Å². The number of fused-ring (bicyclic) bond motifs is 1. The molecular weight excluding hydrogens is 274 g/mol. The molecule has 0 spiro atoms. The lowest BCUT2D eigenvalue weighted by atomic mass is 10.2. The summed E-state index contributed by atoms with van der Waals surface area (Å²) in [4.78, 5) is 23.9. The van der Waals surface area contributed by atoms with Crippen molar-refractivity contribution in [2.45, 2.75) is 6.54 Å². The molecule has 4 nitrogen and oxygen atoms in total. The van der Waals surface area contributed by atoms with E-state index in [1.165, 1.54) is 6.07 Å². The highest BCUT2D eigenvalue weighted by atomic mass is 32.1. The minimum absolute atomic E-state index is 0.0314. The average Bonchev–Trinajstić information content (AvgIpc) is 2.98. The molecule has 100 valence electrons. The SMILES string of the molecule is O=C(NCc1ccsc1)c1cc(=O)c2ccccc2o1. The molecule has 5 heteroatoms. The molecule has 1 N–H and O–H groups in total. The van der Waals surface area contributed by atoms with E-state index in [2.05, 4.69) is 5.32 Å². The number of nitrogens with one attached hydrogen (secondary N) is 1. The summed E-state index contributed by atoms with van der Waals surface area (Å²) in [5.41, 5.74) is 1.22. The number of benzene rings is 1.